The first-order valence-electron chi connectivity index (χ1n) is 7.70. The number of likely N-dealkylation sites (tertiary alicyclic amines) is 1. The fourth-order valence-electron chi connectivity index (χ4n) is 2.97. The van der Waals surface area contributed by atoms with Crippen molar-refractivity contribution in [3.63, 3.8) is 0 Å². The van der Waals surface area contributed by atoms with Crippen molar-refractivity contribution in [2.24, 2.45) is 5.73 Å². The van der Waals surface area contributed by atoms with Crippen molar-refractivity contribution in [2.75, 3.05) is 6.54 Å². The van der Waals surface area contributed by atoms with Gasteiger partial charge in [0.05, 0.1) is 11.7 Å². The number of benzene rings is 1. The van der Waals surface area contributed by atoms with E-state index in [4.69, 9.17) is 10.2 Å². The zero-order valence-corrected chi connectivity index (χ0v) is 12.8. The van der Waals surface area contributed by atoms with Crippen LogP contribution in [0, 0.1) is 6.92 Å². The molecule has 1 fully saturated rings. The first kappa shape index (κ1) is 14.8. The largest absolute Gasteiger partial charge is 0.441 e. The Balaban J connectivity index is 1.80. The van der Waals surface area contributed by atoms with Gasteiger partial charge >= 0.3 is 0 Å². The molecule has 2 aromatic rings. The zero-order chi connectivity index (χ0) is 15.5. The van der Waals surface area contributed by atoms with E-state index in [0.717, 1.165) is 42.8 Å². The van der Waals surface area contributed by atoms with Crippen molar-refractivity contribution in [3.05, 3.63) is 41.8 Å². The molecule has 1 amide bonds. The third-order valence-corrected chi connectivity index (χ3v) is 4.21. The summed E-state index contributed by atoms with van der Waals surface area (Å²) in [4.78, 5) is 18.3. The van der Waals surface area contributed by atoms with E-state index < -0.39 is 0 Å². The number of piperidine rings is 1. The molecule has 1 aliphatic heterocycles. The average Bonchev–Trinajstić information content (AvgIpc) is 2.90. The van der Waals surface area contributed by atoms with E-state index >= 15 is 0 Å². The highest BCUT2D eigenvalue weighted by molar-refractivity contribution is 5.79. The predicted molar refractivity (Wildman–Crippen MR) is 83.9 cm³/mol. The summed E-state index contributed by atoms with van der Waals surface area (Å²) in [5.41, 5.74) is 7.36. The summed E-state index contributed by atoms with van der Waals surface area (Å²) in [5, 5.41) is 0. The molecule has 1 saturated heterocycles. The number of hydrogen-bond acceptors (Lipinski definition) is 4. The molecule has 0 spiro atoms. The van der Waals surface area contributed by atoms with Gasteiger partial charge in [0.15, 0.2) is 0 Å². The van der Waals surface area contributed by atoms with E-state index in [1.54, 1.807) is 0 Å². The van der Waals surface area contributed by atoms with Crippen molar-refractivity contribution in [3.8, 4) is 11.5 Å². The summed E-state index contributed by atoms with van der Waals surface area (Å²) >= 11 is 0. The van der Waals surface area contributed by atoms with Crippen LogP contribution < -0.4 is 5.73 Å². The van der Waals surface area contributed by atoms with Crippen LogP contribution in [0.4, 0.5) is 0 Å². The molecule has 5 heteroatoms. The maximum Gasteiger partial charge on any atom is 0.234 e. The molecule has 0 unspecified atom stereocenters. The third-order valence-electron chi connectivity index (χ3n) is 4.21. The maximum absolute atomic E-state index is 11.6. The summed E-state index contributed by atoms with van der Waals surface area (Å²) in [6.45, 7) is 3.40. The number of carbonyl (C=O) groups is 1. The van der Waals surface area contributed by atoms with E-state index in [1.807, 2.05) is 37.3 Å². The van der Waals surface area contributed by atoms with Gasteiger partial charge in [0.2, 0.25) is 11.8 Å². The van der Waals surface area contributed by atoms with Gasteiger partial charge in [-0.15, -0.1) is 0 Å². The molecule has 2 heterocycles. The topological polar surface area (TPSA) is 72.4 Å². The number of aromatic nitrogens is 1. The fraction of sp³-hybridized carbons (Fsp3) is 0.412. The lowest BCUT2D eigenvalue weighted by atomic mass is 10.0. The van der Waals surface area contributed by atoms with Crippen molar-refractivity contribution < 1.29 is 9.21 Å². The van der Waals surface area contributed by atoms with Crippen molar-refractivity contribution in [2.45, 2.75) is 38.8 Å². The van der Waals surface area contributed by atoms with Crippen LogP contribution in [-0.4, -0.2) is 28.4 Å². The number of hydrogen-bond donors (Lipinski definition) is 1. The summed E-state index contributed by atoms with van der Waals surface area (Å²) in [6, 6.07) is 9.64. The van der Waals surface area contributed by atoms with Crippen LogP contribution in [0.15, 0.2) is 34.7 Å². The van der Waals surface area contributed by atoms with E-state index in [2.05, 4.69) is 9.88 Å². The number of amides is 1. The van der Waals surface area contributed by atoms with Crippen LogP contribution >= 0.6 is 0 Å². The highest BCUT2D eigenvalue weighted by atomic mass is 16.4. The van der Waals surface area contributed by atoms with Crippen LogP contribution in [-0.2, 0) is 11.3 Å². The molecular weight excluding hydrogens is 278 g/mol. The molecule has 1 aromatic heterocycles. The Morgan fingerprint density at radius 1 is 1.36 bits per heavy atom. The molecule has 0 radical (unpaired) electrons. The minimum absolute atomic E-state index is 0.190. The van der Waals surface area contributed by atoms with Gasteiger partial charge in [0.1, 0.15) is 5.76 Å². The molecule has 2 N–H and O–H groups in total. The number of nitrogens with two attached hydrogens (primary N) is 1. The molecular formula is C17H21N3O2. The Hall–Kier alpha value is -2.14. The molecule has 3 rings (SSSR count). The minimum Gasteiger partial charge on any atom is -0.441 e. The molecule has 0 bridgehead atoms. The molecule has 1 aromatic carbocycles. The summed E-state index contributed by atoms with van der Waals surface area (Å²) in [5.74, 6) is 1.18. The number of aryl methyl sites for hydroxylation is 1. The normalized spacial score (nSPS) is 19.2. The molecule has 1 aliphatic rings. The predicted octanol–water partition coefficient (Wildman–Crippen LogP) is 2.49. The number of nitrogens with zero attached hydrogens (tertiary/aromatic N) is 2. The first-order valence-corrected chi connectivity index (χ1v) is 7.70. The lowest BCUT2D eigenvalue weighted by Crippen LogP contribution is -2.47. The molecule has 22 heavy (non-hydrogen) atoms. The van der Waals surface area contributed by atoms with Crippen LogP contribution in [0.5, 0.6) is 0 Å². The third kappa shape index (κ3) is 3.04. The first-order chi connectivity index (χ1) is 10.6. The van der Waals surface area contributed by atoms with Crippen LogP contribution in [0.3, 0.4) is 0 Å². The molecule has 0 saturated carbocycles. The highest BCUT2D eigenvalue weighted by Crippen LogP contribution is 2.24. The van der Waals surface area contributed by atoms with Crippen LogP contribution in [0.2, 0.25) is 0 Å². The van der Waals surface area contributed by atoms with Crippen molar-refractivity contribution >= 4 is 5.91 Å². The Bertz CT molecular complexity index is 651. The molecule has 0 aliphatic carbocycles. The van der Waals surface area contributed by atoms with E-state index in [1.165, 1.54) is 0 Å². The second kappa shape index (κ2) is 6.32. The minimum atomic E-state index is -0.246. The van der Waals surface area contributed by atoms with Gasteiger partial charge in [-0.2, -0.15) is 0 Å². The highest BCUT2D eigenvalue weighted by Gasteiger charge is 2.28. The summed E-state index contributed by atoms with van der Waals surface area (Å²) in [7, 11) is 0. The number of rotatable bonds is 4. The van der Waals surface area contributed by atoms with Crippen LogP contribution in [0.1, 0.15) is 30.7 Å². The Morgan fingerprint density at radius 2 is 2.14 bits per heavy atom. The second-order valence-corrected chi connectivity index (χ2v) is 5.77. The SMILES string of the molecule is Cc1oc(-c2ccccc2)nc1CN1CCCC[C@H]1C(N)=O. The Morgan fingerprint density at radius 3 is 2.86 bits per heavy atom. The van der Waals surface area contributed by atoms with E-state index in [-0.39, 0.29) is 11.9 Å². The van der Waals surface area contributed by atoms with Gasteiger partial charge in [-0.1, -0.05) is 24.6 Å². The maximum atomic E-state index is 11.6. The monoisotopic (exact) mass is 299 g/mol. The van der Waals surface area contributed by atoms with Crippen molar-refractivity contribution in [1.82, 2.24) is 9.88 Å². The Labute approximate surface area is 130 Å². The fourth-order valence-corrected chi connectivity index (χ4v) is 2.97. The Kier molecular flexibility index (Phi) is 4.24. The summed E-state index contributed by atoms with van der Waals surface area (Å²) < 4.78 is 5.78. The van der Waals surface area contributed by atoms with Crippen LogP contribution in [0.25, 0.3) is 11.5 Å². The van der Waals surface area contributed by atoms with Gasteiger partial charge in [-0.3, -0.25) is 9.69 Å². The van der Waals surface area contributed by atoms with Gasteiger partial charge < -0.3 is 10.2 Å². The average molecular weight is 299 g/mol. The standard InChI is InChI=1S/C17H21N3O2/c1-12-14(11-20-10-6-5-9-15(20)16(18)21)19-17(22-12)13-7-3-2-4-8-13/h2-4,7-8,15H,5-6,9-11H2,1H3,(H2,18,21)/t15-/m0/s1. The van der Waals surface area contributed by atoms with Gasteiger partial charge in [-0.05, 0) is 38.4 Å². The van der Waals surface area contributed by atoms with Gasteiger partial charge in [0.25, 0.3) is 0 Å². The molecule has 116 valence electrons. The summed E-state index contributed by atoms with van der Waals surface area (Å²) in [6.07, 6.45) is 2.97. The lowest BCUT2D eigenvalue weighted by molar-refractivity contribution is -0.124. The van der Waals surface area contributed by atoms with E-state index in [0.29, 0.717) is 12.4 Å². The lowest BCUT2D eigenvalue weighted by Gasteiger charge is -2.32. The van der Waals surface area contributed by atoms with Crippen molar-refractivity contribution in [1.29, 1.82) is 0 Å². The molecule has 1 atom stereocenters. The quantitative estimate of drug-likeness (QED) is 0.941. The van der Waals surface area contributed by atoms with Gasteiger partial charge in [0, 0.05) is 12.1 Å². The number of oxazole rings is 1. The number of carbonyl (C=O) groups excluding carboxylic acids is 1. The smallest absolute Gasteiger partial charge is 0.234 e. The molecule has 5 nitrogen and oxygen atoms in total. The number of primary amides is 1. The zero-order valence-electron chi connectivity index (χ0n) is 12.8. The van der Waals surface area contributed by atoms with E-state index in [9.17, 15) is 4.79 Å². The van der Waals surface area contributed by atoms with Gasteiger partial charge in [-0.25, -0.2) is 4.98 Å². The second-order valence-electron chi connectivity index (χ2n) is 5.77.